The van der Waals surface area contributed by atoms with Crippen molar-refractivity contribution in [2.24, 2.45) is 0 Å². The highest BCUT2D eigenvalue weighted by atomic mass is 32.2. The molecule has 1 aromatic rings. The van der Waals surface area contributed by atoms with Crippen molar-refractivity contribution in [2.75, 3.05) is 0 Å². The van der Waals surface area contributed by atoms with Crippen LogP contribution in [0.5, 0.6) is 0 Å². The van der Waals surface area contributed by atoms with E-state index in [4.69, 9.17) is 0 Å². The van der Waals surface area contributed by atoms with Gasteiger partial charge in [-0.1, -0.05) is 29.8 Å². The van der Waals surface area contributed by atoms with Crippen molar-refractivity contribution in [2.45, 2.75) is 49.6 Å². The Morgan fingerprint density at radius 2 is 1.53 bits per heavy atom. The molecule has 0 radical (unpaired) electrons. The number of fused-ring (bicyclic) bond motifs is 1. The largest absolute Gasteiger partial charge is 0.243 e. The van der Waals surface area contributed by atoms with Gasteiger partial charge < -0.3 is 0 Å². The van der Waals surface area contributed by atoms with Crippen molar-refractivity contribution in [3.05, 3.63) is 42.0 Å². The van der Waals surface area contributed by atoms with Crippen LogP contribution in [0.15, 0.2) is 41.3 Å². The molecule has 3 nitrogen and oxygen atoms in total. The number of hydrogen-bond donors (Lipinski definition) is 0. The molecule has 1 saturated heterocycles. The van der Waals surface area contributed by atoms with Gasteiger partial charge in [0.1, 0.15) is 0 Å². The fourth-order valence-electron chi connectivity index (χ4n) is 2.91. The topological polar surface area (TPSA) is 37.1 Å². The van der Waals surface area contributed by atoms with Crippen LogP contribution >= 0.6 is 0 Å². The van der Waals surface area contributed by atoms with Crippen LogP contribution in [-0.2, 0) is 10.0 Å². The van der Waals surface area contributed by atoms with Gasteiger partial charge in [-0.3, -0.25) is 0 Å². The predicted molar refractivity (Wildman–Crippen MR) is 75.4 cm³/mol. The van der Waals surface area contributed by atoms with E-state index in [0.717, 1.165) is 31.2 Å². The van der Waals surface area contributed by atoms with Crippen LogP contribution in [-0.4, -0.2) is 24.8 Å². The van der Waals surface area contributed by atoms with Crippen molar-refractivity contribution >= 4 is 10.0 Å². The molecule has 0 amide bonds. The molecule has 1 aliphatic carbocycles. The van der Waals surface area contributed by atoms with Crippen molar-refractivity contribution in [3.8, 4) is 0 Å². The van der Waals surface area contributed by atoms with E-state index in [0.29, 0.717) is 4.90 Å². The van der Waals surface area contributed by atoms with Crippen molar-refractivity contribution in [1.82, 2.24) is 4.31 Å². The molecule has 1 fully saturated rings. The monoisotopic (exact) mass is 277 g/mol. The zero-order chi connectivity index (χ0) is 13.5. The molecule has 2 atom stereocenters. The van der Waals surface area contributed by atoms with Crippen LogP contribution in [0.1, 0.15) is 31.2 Å². The third kappa shape index (κ3) is 2.35. The number of allylic oxidation sites excluding steroid dienone is 2. The van der Waals surface area contributed by atoms with E-state index in [9.17, 15) is 8.42 Å². The minimum Gasteiger partial charge on any atom is -0.207 e. The molecule has 1 heterocycles. The lowest BCUT2D eigenvalue weighted by molar-refractivity contribution is 0.539. The van der Waals surface area contributed by atoms with E-state index in [1.807, 2.05) is 19.1 Å². The molecule has 2 unspecified atom stereocenters. The predicted octanol–water partition coefficient (Wildman–Crippen LogP) is 2.87. The number of hydrogen-bond acceptors (Lipinski definition) is 2. The van der Waals surface area contributed by atoms with Crippen molar-refractivity contribution in [1.29, 1.82) is 0 Å². The smallest absolute Gasteiger partial charge is 0.207 e. The molecule has 0 spiro atoms. The quantitative estimate of drug-likeness (QED) is 0.616. The van der Waals surface area contributed by atoms with Gasteiger partial charge in [0.15, 0.2) is 0 Å². The first-order chi connectivity index (χ1) is 9.10. The van der Waals surface area contributed by atoms with Gasteiger partial charge in [0.25, 0.3) is 0 Å². The van der Waals surface area contributed by atoms with Crippen molar-refractivity contribution in [3.63, 3.8) is 0 Å². The van der Waals surface area contributed by atoms with Gasteiger partial charge in [0.2, 0.25) is 10.0 Å². The molecule has 102 valence electrons. The average Bonchev–Trinajstić information content (AvgIpc) is 3.02. The lowest BCUT2D eigenvalue weighted by Crippen LogP contribution is -2.16. The number of sulfonamides is 1. The summed E-state index contributed by atoms with van der Waals surface area (Å²) in [6.45, 7) is 1.97. The van der Waals surface area contributed by atoms with Crippen LogP contribution in [0.4, 0.5) is 0 Å². The molecule has 3 rings (SSSR count). The second-order valence-electron chi connectivity index (χ2n) is 5.41. The molecule has 0 saturated carbocycles. The Morgan fingerprint density at radius 3 is 2.05 bits per heavy atom. The van der Waals surface area contributed by atoms with Crippen molar-refractivity contribution < 1.29 is 8.42 Å². The zero-order valence-electron chi connectivity index (χ0n) is 11.1. The minimum atomic E-state index is -3.29. The van der Waals surface area contributed by atoms with Gasteiger partial charge in [-0.15, -0.1) is 0 Å². The third-order valence-corrected chi connectivity index (χ3v) is 5.99. The van der Waals surface area contributed by atoms with Gasteiger partial charge in [0, 0.05) is 12.1 Å². The Kier molecular flexibility index (Phi) is 3.23. The lowest BCUT2D eigenvalue weighted by Gasteiger charge is -2.07. The minimum absolute atomic E-state index is 0.219. The van der Waals surface area contributed by atoms with Gasteiger partial charge in [-0.2, -0.15) is 4.31 Å². The van der Waals surface area contributed by atoms with E-state index in [-0.39, 0.29) is 12.1 Å². The first-order valence-electron chi connectivity index (χ1n) is 6.86. The highest BCUT2D eigenvalue weighted by Crippen LogP contribution is 2.42. The Labute approximate surface area is 115 Å². The van der Waals surface area contributed by atoms with Crippen LogP contribution < -0.4 is 0 Å². The summed E-state index contributed by atoms with van der Waals surface area (Å²) in [6.07, 6.45) is 8.22. The fraction of sp³-hybridized carbons (Fsp3) is 0.467. The second-order valence-corrected chi connectivity index (χ2v) is 7.25. The summed E-state index contributed by atoms with van der Waals surface area (Å²) in [7, 11) is -3.29. The van der Waals surface area contributed by atoms with Gasteiger partial charge in [-0.25, -0.2) is 8.42 Å². The Morgan fingerprint density at radius 1 is 1.00 bits per heavy atom. The summed E-state index contributed by atoms with van der Waals surface area (Å²) in [5.41, 5.74) is 1.08. The Balaban J connectivity index is 1.84. The molecule has 2 aliphatic rings. The van der Waals surface area contributed by atoms with Crippen LogP contribution in [0.2, 0.25) is 0 Å². The summed E-state index contributed by atoms with van der Waals surface area (Å²) in [4.78, 5) is 0.429. The number of rotatable bonds is 2. The lowest BCUT2D eigenvalue weighted by atomic mass is 10.1. The first-order valence-corrected chi connectivity index (χ1v) is 8.30. The molecule has 0 bridgehead atoms. The molecule has 1 aromatic carbocycles. The van der Waals surface area contributed by atoms with E-state index >= 15 is 0 Å². The van der Waals surface area contributed by atoms with E-state index in [1.165, 1.54) is 0 Å². The molecule has 1 aliphatic heterocycles. The third-order valence-electron chi connectivity index (χ3n) is 4.03. The summed E-state index contributed by atoms with van der Waals surface area (Å²) in [6, 6.07) is 7.59. The van der Waals surface area contributed by atoms with Gasteiger partial charge in [0.05, 0.1) is 4.90 Å². The highest BCUT2D eigenvalue weighted by molar-refractivity contribution is 7.89. The maximum atomic E-state index is 12.6. The normalized spacial score (nSPS) is 31.9. The van der Waals surface area contributed by atoms with Gasteiger partial charge in [-0.05, 0) is 44.7 Å². The Hall–Kier alpha value is -1.13. The van der Waals surface area contributed by atoms with Gasteiger partial charge >= 0.3 is 0 Å². The SMILES string of the molecule is Cc1ccc(S(=O)(=O)N2C3CC/C=C\CCC32)cc1. The van der Waals surface area contributed by atoms with Crippen LogP contribution in [0, 0.1) is 6.92 Å². The summed E-state index contributed by atoms with van der Waals surface area (Å²) < 4.78 is 26.9. The average molecular weight is 277 g/mol. The molecule has 0 N–H and O–H groups in total. The van der Waals surface area contributed by atoms with Crippen LogP contribution in [0.25, 0.3) is 0 Å². The zero-order valence-corrected chi connectivity index (χ0v) is 11.9. The summed E-state index contributed by atoms with van der Waals surface area (Å²) >= 11 is 0. The highest BCUT2D eigenvalue weighted by Gasteiger charge is 2.54. The van der Waals surface area contributed by atoms with Crippen LogP contribution in [0.3, 0.4) is 0 Å². The summed E-state index contributed by atoms with van der Waals surface area (Å²) in [5.74, 6) is 0. The van der Waals surface area contributed by atoms with E-state index in [2.05, 4.69) is 12.2 Å². The molecule has 0 aromatic heterocycles. The molecular formula is C15H19NO2S. The maximum absolute atomic E-state index is 12.6. The number of benzene rings is 1. The van der Waals surface area contributed by atoms with E-state index in [1.54, 1.807) is 16.4 Å². The summed E-state index contributed by atoms with van der Waals surface area (Å²) in [5, 5.41) is 0. The standard InChI is InChI=1S/C15H19NO2S/c1-12-8-10-13(11-9-12)19(17,18)16-14-6-4-2-3-5-7-15(14)16/h2-3,8-11,14-15H,4-7H2,1H3/b3-2-. The number of nitrogens with zero attached hydrogens (tertiary/aromatic N) is 1. The molecule has 4 heteroatoms. The fourth-order valence-corrected chi connectivity index (χ4v) is 4.78. The Bertz CT molecular complexity index is 573. The first kappa shape index (κ1) is 12.9. The maximum Gasteiger partial charge on any atom is 0.243 e. The number of aryl methyl sites for hydroxylation is 1. The van der Waals surface area contributed by atoms with E-state index < -0.39 is 10.0 Å². The second kappa shape index (κ2) is 4.76. The molecule has 19 heavy (non-hydrogen) atoms. The molecular weight excluding hydrogens is 258 g/mol.